The molecule has 4 aromatic rings. The van der Waals surface area contributed by atoms with Crippen LogP contribution in [0.2, 0.25) is 0 Å². The van der Waals surface area contributed by atoms with Crippen LogP contribution in [-0.2, 0) is 23.6 Å². The number of hydrogen-bond donors (Lipinski definition) is 1. The highest BCUT2D eigenvalue weighted by atomic mass is 32.2. The van der Waals surface area contributed by atoms with Gasteiger partial charge in [-0.1, -0.05) is 0 Å². The van der Waals surface area contributed by atoms with E-state index in [1.165, 1.54) is 32.8 Å². The molecule has 12 nitrogen and oxygen atoms in total. The van der Waals surface area contributed by atoms with Gasteiger partial charge in [0, 0.05) is 54.8 Å². The molecule has 2 aromatic carbocycles. The Balaban J connectivity index is 1.54. The standard InChI is InChI=1S/C29H31FN6O6S/c1-35-23(9-12-34-35)20-5-4-6-24(20)42-26-15-22(30)27(14-21(26)29(31)37)43(38,39)36(28-10-11-32-17-33-28)16-18-7-8-19(40-2)13-25(18)41-3/h7-15,17,20,24H,4-6,16H2,1-3H3,(H2,31,37). The first kappa shape index (κ1) is 29.8. The number of ether oxygens (including phenoxy) is 3. The minimum Gasteiger partial charge on any atom is -0.497 e. The summed E-state index contributed by atoms with van der Waals surface area (Å²) >= 11 is 0. The largest absolute Gasteiger partial charge is 0.497 e. The predicted molar refractivity (Wildman–Crippen MR) is 154 cm³/mol. The van der Waals surface area contributed by atoms with Crippen molar-refractivity contribution in [1.29, 1.82) is 0 Å². The molecule has 0 radical (unpaired) electrons. The molecule has 2 heterocycles. The molecular formula is C29H31FN6O6S. The van der Waals surface area contributed by atoms with Gasteiger partial charge in [0.1, 0.15) is 46.2 Å². The van der Waals surface area contributed by atoms with E-state index >= 15 is 4.39 Å². The molecule has 1 saturated carbocycles. The van der Waals surface area contributed by atoms with Crippen molar-refractivity contribution in [3.63, 3.8) is 0 Å². The van der Waals surface area contributed by atoms with Crippen LogP contribution in [0.4, 0.5) is 10.2 Å². The Morgan fingerprint density at radius 3 is 2.56 bits per heavy atom. The van der Waals surface area contributed by atoms with E-state index in [0.29, 0.717) is 23.5 Å². The van der Waals surface area contributed by atoms with E-state index in [0.717, 1.165) is 35.0 Å². The van der Waals surface area contributed by atoms with Gasteiger partial charge in [-0.3, -0.25) is 9.48 Å². The lowest BCUT2D eigenvalue weighted by Gasteiger charge is -2.26. The maximum absolute atomic E-state index is 15.8. The number of aromatic nitrogens is 4. The number of amides is 1. The van der Waals surface area contributed by atoms with Gasteiger partial charge in [-0.25, -0.2) is 27.1 Å². The summed E-state index contributed by atoms with van der Waals surface area (Å²) in [7, 11) is 0.0775. The van der Waals surface area contributed by atoms with E-state index in [1.54, 1.807) is 29.1 Å². The van der Waals surface area contributed by atoms with Crippen LogP contribution in [0.25, 0.3) is 0 Å². The maximum Gasteiger partial charge on any atom is 0.268 e. The minimum atomic E-state index is -4.67. The van der Waals surface area contributed by atoms with E-state index in [9.17, 15) is 13.2 Å². The number of halogens is 1. The van der Waals surface area contributed by atoms with Crippen LogP contribution in [0.1, 0.15) is 46.8 Å². The smallest absolute Gasteiger partial charge is 0.268 e. The van der Waals surface area contributed by atoms with Crippen LogP contribution in [0.15, 0.2) is 66.1 Å². The molecule has 0 bridgehead atoms. The van der Waals surface area contributed by atoms with Crippen molar-refractivity contribution >= 4 is 21.7 Å². The Labute approximate surface area is 248 Å². The van der Waals surface area contributed by atoms with Gasteiger partial charge in [-0.2, -0.15) is 5.10 Å². The Kier molecular flexibility index (Phi) is 8.48. The van der Waals surface area contributed by atoms with E-state index in [4.69, 9.17) is 19.9 Å². The maximum atomic E-state index is 15.8. The van der Waals surface area contributed by atoms with Crippen molar-refractivity contribution in [3.05, 3.63) is 83.8 Å². The molecule has 5 rings (SSSR count). The third kappa shape index (κ3) is 5.95. The Bertz CT molecular complexity index is 1730. The van der Waals surface area contributed by atoms with Crippen LogP contribution >= 0.6 is 0 Å². The Hall–Kier alpha value is -4.72. The third-order valence-corrected chi connectivity index (χ3v) is 9.23. The zero-order valence-electron chi connectivity index (χ0n) is 23.8. The highest BCUT2D eigenvalue weighted by molar-refractivity contribution is 7.92. The number of primary amides is 1. The molecule has 2 unspecified atom stereocenters. The van der Waals surface area contributed by atoms with Crippen molar-refractivity contribution in [2.75, 3.05) is 18.5 Å². The number of sulfonamides is 1. The average Bonchev–Trinajstić information content (AvgIpc) is 3.63. The lowest BCUT2D eigenvalue weighted by atomic mass is 10.0. The number of anilines is 1. The summed E-state index contributed by atoms with van der Waals surface area (Å²) in [6.45, 7) is -0.287. The van der Waals surface area contributed by atoms with Gasteiger partial charge in [0.2, 0.25) is 0 Å². The topological polar surface area (TPSA) is 152 Å². The lowest BCUT2D eigenvalue weighted by Crippen LogP contribution is -2.32. The summed E-state index contributed by atoms with van der Waals surface area (Å²) in [4.78, 5) is 19.8. The van der Waals surface area contributed by atoms with E-state index in [-0.39, 0.29) is 29.6 Å². The quantitative estimate of drug-likeness (QED) is 0.269. The Morgan fingerprint density at radius 2 is 1.91 bits per heavy atom. The molecule has 2 N–H and O–H groups in total. The summed E-state index contributed by atoms with van der Waals surface area (Å²) in [5.41, 5.74) is 6.79. The first-order chi connectivity index (χ1) is 20.6. The summed E-state index contributed by atoms with van der Waals surface area (Å²) in [6, 6.07) is 9.94. The second-order valence-corrected chi connectivity index (χ2v) is 11.8. The first-order valence-electron chi connectivity index (χ1n) is 13.4. The molecule has 2 atom stereocenters. The fourth-order valence-electron chi connectivity index (χ4n) is 5.32. The summed E-state index contributed by atoms with van der Waals surface area (Å²) < 4.78 is 63.6. The highest BCUT2D eigenvalue weighted by Gasteiger charge is 2.35. The predicted octanol–water partition coefficient (Wildman–Crippen LogP) is 3.58. The molecule has 14 heteroatoms. The second kappa shape index (κ2) is 12.3. The lowest BCUT2D eigenvalue weighted by molar-refractivity contribution is 0.0991. The van der Waals surface area contributed by atoms with E-state index in [1.807, 2.05) is 13.1 Å². The van der Waals surface area contributed by atoms with Gasteiger partial charge in [-0.05, 0) is 43.5 Å². The van der Waals surface area contributed by atoms with Crippen LogP contribution in [0.5, 0.6) is 17.2 Å². The molecule has 1 amide bonds. The number of rotatable bonds is 11. The zero-order valence-corrected chi connectivity index (χ0v) is 24.6. The van der Waals surface area contributed by atoms with Gasteiger partial charge in [0.05, 0.1) is 26.3 Å². The minimum absolute atomic E-state index is 0.0294. The highest BCUT2D eigenvalue weighted by Crippen LogP contribution is 2.39. The van der Waals surface area contributed by atoms with Gasteiger partial charge in [0.25, 0.3) is 15.9 Å². The SMILES string of the molecule is COc1ccc(CN(c2ccncn2)S(=O)(=O)c2cc(C(N)=O)c(OC3CCCC3c3ccnn3C)cc2F)c(OC)c1. The van der Waals surface area contributed by atoms with Gasteiger partial charge in [-0.15, -0.1) is 0 Å². The van der Waals surface area contributed by atoms with Crippen molar-refractivity contribution in [2.45, 2.75) is 42.7 Å². The molecule has 1 aliphatic rings. The molecular weight excluding hydrogens is 579 g/mol. The molecule has 1 fully saturated rings. The summed E-state index contributed by atoms with van der Waals surface area (Å²) in [6.07, 6.45) is 6.14. The molecule has 226 valence electrons. The molecule has 0 spiro atoms. The third-order valence-electron chi connectivity index (χ3n) is 7.47. The van der Waals surface area contributed by atoms with Crippen molar-refractivity contribution in [1.82, 2.24) is 19.7 Å². The molecule has 2 aromatic heterocycles. The van der Waals surface area contributed by atoms with E-state index in [2.05, 4.69) is 15.1 Å². The summed E-state index contributed by atoms with van der Waals surface area (Å²) in [5.74, 6) is -1.45. The Morgan fingerprint density at radius 1 is 1.09 bits per heavy atom. The molecule has 1 aliphatic carbocycles. The number of carbonyl (C=O) groups excluding carboxylic acids is 1. The summed E-state index contributed by atoms with van der Waals surface area (Å²) in [5, 5.41) is 4.22. The molecule has 43 heavy (non-hydrogen) atoms. The number of nitrogens with two attached hydrogens (primary N) is 1. The number of nitrogens with zero attached hydrogens (tertiary/aromatic N) is 5. The van der Waals surface area contributed by atoms with Gasteiger partial charge in [0.15, 0.2) is 0 Å². The fourth-order valence-corrected chi connectivity index (χ4v) is 6.79. The first-order valence-corrected chi connectivity index (χ1v) is 14.9. The normalized spacial score (nSPS) is 16.6. The van der Waals surface area contributed by atoms with Crippen LogP contribution in [0.3, 0.4) is 0 Å². The van der Waals surface area contributed by atoms with E-state index < -0.39 is 32.7 Å². The fraction of sp³-hybridized carbons (Fsp3) is 0.310. The van der Waals surface area contributed by atoms with Gasteiger partial charge >= 0.3 is 0 Å². The second-order valence-electron chi connectivity index (χ2n) is 9.97. The molecule has 0 aliphatic heterocycles. The zero-order chi connectivity index (χ0) is 30.7. The van der Waals surface area contributed by atoms with Crippen LogP contribution < -0.4 is 24.2 Å². The van der Waals surface area contributed by atoms with Crippen molar-refractivity contribution in [3.8, 4) is 17.2 Å². The average molecular weight is 611 g/mol. The number of carbonyl (C=O) groups is 1. The van der Waals surface area contributed by atoms with Crippen molar-refractivity contribution < 1.29 is 31.8 Å². The number of aryl methyl sites for hydroxylation is 1. The van der Waals surface area contributed by atoms with Gasteiger partial charge < -0.3 is 19.9 Å². The van der Waals surface area contributed by atoms with Crippen LogP contribution in [0, 0.1) is 5.82 Å². The number of methoxy groups -OCH3 is 2. The monoisotopic (exact) mass is 610 g/mol. The number of hydrogen-bond acceptors (Lipinski definition) is 9. The van der Waals surface area contributed by atoms with Crippen molar-refractivity contribution in [2.24, 2.45) is 12.8 Å². The molecule has 0 saturated heterocycles. The van der Waals surface area contributed by atoms with Crippen LogP contribution in [-0.4, -0.2) is 54.4 Å². The number of benzene rings is 2.